The second-order valence-electron chi connectivity index (χ2n) is 9.07. The molecular formula is C28H34N4O3. The van der Waals surface area contributed by atoms with Gasteiger partial charge in [-0.25, -0.2) is 4.68 Å². The number of methoxy groups -OCH3 is 1. The summed E-state index contributed by atoms with van der Waals surface area (Å²) in [6.45, 7) is 4.04. The maximum Gasteiger partial charge on any atom is 0.274 e. The van der Waals surface area contributed by atoms with E-state index in [1.807, 2.05) is 82.2 Å². The highest BCUT2D eigenvalue weighted by Gasteiger charge is 2.30. The maximum absolute atomic E-state index is 13.4. The molecule has 2 amide bonds. The van der Waals surface area contributed by atoms with Crippen LogP contribution in [0.5, 0.6) is 5.75 Å². The lowest BCUT2D eigenvalue weighted by atomic mass is 9.95. The van der Waals surface area contributed by atoms with Gasteiger partial charge in [0.2, 0.25) is 5.91 Å². The van der Waals surface area contributed by atoms with Crippen molar-refractivity contribution in [3.05, 3.63) is 66.4 Å². The van der Waals surface area contributed by atoms with Gasteiger partial charge in [0, 0.05) is 38.2 Å². The normalized spacial score (nSPS) is 14.1. The van der Waals surface area contributed by atoms with E-state index in [0.29, 0.717) is 31.6 Å². The predicted octanol–water partition coefficient (Wildman–Crippen LogP) is 4.66. The summed E-state index contributed by atoms with van der Waals surface area (Å²) in [5.74, 6) is 0.853. The van der Waals surface area contributed by atoms with E-state index in [4.69, 9.17) is 9.84 Å². The van der Waals surface area contributed by atoms with Crippen LogP contribution >= 0.6 is 0 Å². The zero-order valence-corrected chi connectivity index (χ0v) is 20.8. The molecule has 2 aromatic carbocycles. The van der Waals surface area contributed by atoms with Gasteiger partial charge in [-0.05, 0) is 61.7 Å². The number of likely N-dealkylation sites (tertiary alicyclic amines) is 1. The van der Waals surface area contributed by atoms with Gasteiger partial charge in [0.25, 0.3) is 5.91 Å². The number of benzene rings is 2. The standard InChI is InChI=1S/C28H34N4O3/c1-4-5-17-30(2)27(33)22-15-18-31(19-16-22)28(34)25-20-26(21-11-13-24(35-3)14-12-21)32(29-25)23-9-7-6-8-10-23/h6-14,20,22H,4-5,15-19H2,1-3H3. The van der Waals surface area contributed by atoms with E-state index in [1.165, 1.54) is 0 Å². The third kappa shape index (κ3) is 5.56. The van der Waals surface area contributed by atoms with Crippen LogP contribution in [0.15, 0.2) is 60.7 Å². The lowest BCUT2D eigenvalue weighted by Crippen LogP contribution is -2.43. The molecule has 0 bridgehead atoms. The molecule has 0 N–H and O–H groups in total. The molecule has 7 heteroatoms. The molecule has 1 aliphatic heterocycles. The first kappa shape index (κ1) is 24.5. The molecule has 3 aromatic rings. The Morgan fingerprint density at radius 1 is 1.06 bits per heavy atom. The second kappa shape index (κ2) is 11.2. The van der Waals surface area contributed by atoms with Gasteiger partial charge in [0.15, 0.2) is 5.69 Å². The molecule has 4 rings (SSSR count). The molecule has 0 aliphatic carbocycles. The highest BCUT2D eigenvalue weighted by Crippen LogP contribution is 2.27. The summed E-state index contributed by atoms with van der Waals surface area (Å²) in [5.41, 5.74) is 3.08. The molecule has 0 radical (unpaired) electrons. The van der Waals surface area contributed by atoms with E-state index < -0.39 is 0 Å². The minimum atomic E-state index is -0.0975. The van der Waals surface area contributed by atoms with E-state index in [0.717, 1.165) is 42.1 Å². The first-order valence-electron chi connectivity index (χ1n) is 12.4. The summed E-state index contributed by atoms with van der Waals surface area (Å²) in [6.07, 6.45) is 3.45. The van der Waals surface area contributed by atoms with Gasteiger partial charge < -0.3 is 14.5 Å². The number of ether oxygens (including phenoxy) is 1. The van der Waals surface area contributed by atoms with Gasteiger partial charge in [0.05, 0.1) is 18.5 Å². The number of rotatable bonds is 8. The van der Waals surface area contributed by atoms with Gasteiger partial charge in [-0.3, -0.25) is 9.59 Å². The molecule has 184 valence electrons. The second-order valence-corrected chi connectivity index (χ2v) is 9.07. The molecule has 1 fully saturated rings. The summed E-state index contributed by atoms with van der Waals surface area (Å²) in [5, 5.41) is 4.71. The summed E-state index contributed by atoms with van der Waals surface area (Å²) >= 11 is 0. The van der Waals surface area contributed by atoms with Crippen molar-refractivity contribution >= 4 is 11.8 Å². The zero-order chi connectivity index (χ0) is 24.8. The Balaban J connectivity index is 1.52. The van der Waals surface area contributed by atoms with Crippen LogP contribution in [0.2, 0.25) is 0 Å². The lowest BCUT2D eigenvalue weighted by Gasteiger charge is -2.32. The number of unbranched alkanes of at least 4 members (excludes halogenated alkanes) is 1. The Kier molecular flexibility index (Phi) is 7.85. The minimum Gasteiger partial charge on any atom is -0.497 e. The first-order chi connectivity index (χ1) is 17.0. The van der Waals surface area contributed by atoms with Gasteiger partial charge in [-0.2, -0.15) is 5.10 Å². The fourth-order valence-corrected chi connectivity index (χ4v) is 4.53. The minimum absolute atomic E-state index is 0.0161. The van der Waals surface area contributed by atoms with E-state index in [-0.39, 0.29) is 17.7 Å². The predicted molar refractivity (Wildman–Crippen MR) is 137 cm³/mol. The number of nitrogens with zero attached hydrogens (tertiary/aromatic N) is 4. The fourth-order valence-electron chi connectivity index (χ4n) is 4.53. The van der Waals surface area contributed by atoms with Crippen LogP contribution in [0.1, 0.15) is 43.1 Å². The van der Waals surface area contributed by atoms with E-state index in [2.05, 4.69) is 6.92 Å². The van der Waals surface area contributed by atoms with Crippen molar-refractivity contribution in [3.63, 3.8) is 0 Å². The van der Waals surface area contributed by atoms with Crippen LogP contribution in [-0.4, -0.2) is 65.2 Å². The van der Waals surface area contributed by atoms with Crippen LogP contribution < -0.4 is 4.74 Å². The smallest absolute Gasteiger partial charge is 0.274 e. The molecule has 1 aromatic heterocycles. The Labute approximate surface area is 207 Å². The molecule has 1 aliphatic rings. The first-order valence-corrected chi connectivity index (χ1v) is 12.4. The monoisotopic (exact) mass is 474 g/mol. The van der Waals surface area contributed by atoms with Crippen LogP contribution in [0.4, 0.5) is 0 Å². The van der Waals surface area contributed by atoms with Crippen molar-refractivity contribution in [2.24, 2.45) is 5.92 Å². The zero-order valence-electron chi connectivity index (χ0n) is 20.8. The average molecular weight is 475 g/mol. The van der Waals surface area contributed by atoms with Gasteiger partial charge in [-0.1, -0.05) is 31.5 Å². The molecule has 1 saturated heterocycles. The van der Waals surface area contributed by atoms with Crippen molar-refractivity contribution in [1.29, 1.82) is 0 Å². The third-order valence-electron chi connectivity index (χ3n) is 6.67. The number of aromatic nitrogens is 2. The number of amides is 2. The highest BCUT2D eigenvalue weighted by atomic mass is 16.5. The van der Waals surface area contributed by atoms with Crippen molar-refractivity contribution in [1.82, 2.24) is 19.6 Å². The largest absolute Gasteiger partial charge is 0.497 e. The SMILES string of the molecule is CCCCN(C)C(=O)C1CCN(C(=O)c2cc(-c3ccc(OC)cc3)n(-c3ccccc3)n2)CC1. The number of carbonyl (C=O) groups excluding carboxylic acids is 2. The molecule has 7 nitrogen and oxygen atoms in total. The molecular weight excluding hydrogens is 440 g/mol. The number of piperidine rings is 1. The average Bonchev–Trinajstić information content (AvgIpc) is 3.37. The Morgan fingerprint density at radius 2 is 1.74 bits per heavy atom. The summed E-state index contributed by atoms with van der Waals surface area (Å²) < 4.78 is 7.11. The highest BCUT2D eigenvalue weighted by molar-refractivity contribution is 5.94. The number of para-hydroxylation sites is 1. The van der Waals surface area contributed by atoms with Crippen molar-refractivity contribution in [2.45, 2.75) is 32.6 Å². The molecule has 0 saturated carbocycles. The van der Waals surface area contributed by atoms with Crippen molar-refractivity contribution in [3.8, 4) is 22.7 Å². The molecule has 35 heavy (non-hydrogen) atoms. The molecule has 2 heterocycles. The van der Waals surface area contributed by atoms with Crippen LogP contribution in [0.3, 0.4) is 0 Å². The van der Waals surface area contributed by atoms with E-state index >= 15 is 0 Å². The quantitative estimate of drug-likeness (QED) is 0.476. The third-order valence-corrected chi connectivity index (χ3v) is 6.67. The number of hydrogen-bond donors (Lipinski definition) is 0. The van der Waals surface area contributed by atoms with E-state index in [1.54, 1.807) is 7.11 Å². The Bertz CT molecular complexity index is 1130. The van der Waals surface area contributed by atoms with Gasteiger partial charge >= 0.3 is 0 Å². The van der Waals surface area contributed by atoms with Crippen LogP contribution in [0.25, 0.3) is 16.9 Å². The Hall–Kier alpha value is -3.61. The Morgan fingerprint density at radius 3 is 2.37 bits per heavy atom. The topological polar surface area (TPSA) is 67.7 Å². The number of carbonyl (C=O) groups is 2. The fraction of sp³-hybridized carbons (Fsp3) is 0.393. The summed E-state index contributed by atoms with van der Waals surface area (Å²) in [6, 6.07) is 19.4. The molecule has 0 unspecified atom stereocenters. The van der Waals surface area contributed by atoms with Crippen molar-refractivity contribution in [2.75, 3.05) is 33.8 Å². The van der Waals surface area contributed by atoms with Crippen LogP contribution in [0, 0.1) is 5.92 Å². The summed E-state index contributed by atoms with van der Waals surface area (Å²) in [4.78, 5) is 29.8. The van der Waals surface area contributed by atoms with Crippen LogP contribution in [-0.2, 0) is 4.79 Å². The number of hydrogen-bond acceptors (Lipinski definition) is 4. The summed E-state index contributed by atoms with van der Waals surface area (Å²) in [7, 11) is 3.52. The van der Waals surface area contributed by atoms with Gasteiger partial charge in [0.1, 0.15) is 5.75 Å². The van der Waals surface area contributed by atoms with Crippen molar-refractivity contribution < 1.29 is 14.3 Å². The van der Waals surface area contributed by atoms with E-state index in [9.17, 15) is 9.59 Å². The molecule has 0 atom stereocenters. The maximum atomic E-state index is 13.4. The van der Waals surface area contributed by atoms with Gasteiger partial charge in [-0.15, -0.1) is 0 Å². The molecule has 0 spiro atoms. The lowest BCUT2D eigenvalue weighted by molar-refractivity contribution is -0.135.